The molecular weight excluding hydrogens is 212 g/mol. The molecule has 0 saturated heterocycles. The van der Waals surface area contributed by atoms with Gasteiger partial charge < -0.3 is 11.1 Å². The van der Waals surface area contributed by atoms with Crippen LogP contribution in [0.5, 0.6) is 0 Å². The van der Waals surface area contributed by atoms with Crippen LogP contribution < -0.4 is 11.1 Å². The maximum absolute atomic E-state index is 11.0. The Morgan fingerprint density at radius 3 is 2.65 bits per heavy atom. The number of benzene rings is 1. The summed E-state index contributed by atoms with van der Waals surface area (Å²) < 4.78 is 0. The van der Waals surface area contributed by atoms with E-state index < -0.39 is 0 Å². The fourth-order valence-corrected chi connectivity index (χ4v) is 1.66. The number of aryl methyl sites for hydroxylation is 1. The first-order valence-corrected chi connectivity index (χ1v) is 6.10. The molecule has 0 fully saturated rings. The number of hydrogen-bond donors (Lipinski definition) is 2. The molecule has 0 spiro atoms. The van der Waals surface area contributed by atoms with Gasteiger partial charge in [-0.1, -0.05) is 19.9 Å². The van der Waals surface area contributed by atoms with Crippen molar-refractivity contribution < 1.29 is 4.79 Å². The summed E-state index contributed by atoms with van der Waals surface area (Å²) in [6, 6.07) is 5.61. The minimum atomic E-state index is -0.368. The van der Waals surface area contributed by atoms with E-state index in [2.05, 4.69) is 19.2 Å². The van der Waals surface area contributed by atoms with Gasteiger partial charge in [-0.05, 0) is 49.1 Å². The Morgan fingerprint density at radius 1 is 1.41 bits per heavy atom. The predicted octanol–water partition coefficient (Wildman–Crippen LogP) is 2.23. The summed E-state index contributed by atoms with van der Waals surface area (Å²) in [5.74, 6) is 0.355. The van der Waals surface area contributed by atoms with Crippen molar-refractivity contribution in [2.45, 2.75) is 33.7 Å². The largest absolute Gasteiger partial charge is 0.366 e. The second-order valence-electron chi connectivity index (χ2n) is 4.86. The molecule has 3 nitrogen and oxygen atoms in total. The van der Waals surface area contributed by atoms with Crippen molar-refractivity contribution in [3.8, 4) is 0 Å². The summed E-state index contributed by atoms with van der Waals surface area (Å²) in [6.07, 6.45) is 1.18. The quantitative estimate of drug-likeness (QED) is 0.742. The lowest BCUT2D eigenvalue weighted by Crippen LogP contribution is -2.17. The van der Waals surface area contributed by atoms with Crippen molar-refractivity contribution in [3.63, 3.8) is 0 Å². The lowest BCUT2D eigenvalue weighted by atomic mass is 10.0. The number of hydrogen-bond acceptors (Lipinski definition) is 2. The first-order chi connectivity index (χ1) is 8.00. The van der Waals surface area contributed by atoms with Crippen LogP contribution in [0.4, 0.5) is 0 Å². The van der Waals surface area contributed by atoms with Crippen LogP contribution in [-0.4, -0.2) is 12.5 Å². The molecule has 1 rings (SSSR count). The zero-order valence-electron chi connectivity index (χ0n) is 10.9. The second-order valence-corrected chi connectivity index (χ2v) is 4.86. The Balaban J connectivity index is 2.52. The van der Waals surface area contributed by atoms with Crippen LogP contribution in [0.15, 0.2) is 18.2 Å². The second kappa shape index (κ2) is 6.40. The first-order valence-electron chi connectivity index (χ1n) is 6.10. The fourth-order valence-electron chi connectivity index (χ4n) is 1.66. The van der Waals surface area contributed by atoms with E-state index >= 15 is 0 Å². The topological polar surface area (TPSA) is 55.1 Å². The van der Waals surface area contributed by atoms with Gasteiger partial charge in [0.05, 0.1) is 0 Å². The summed E-state index contributed by atoms with van der Waals surface area (Å²) in [7, 11) is 0. The highest BCUT2D eigenvalue weighted by atomic mass is 16.1. The van der Waals surface area contributed by atoms with Gasteiger partial charge in [0.15, 0.2) is 0 Å². The molecule has 0 aromatic heterocycles. The van der Waals surface area contributed by atoms with E-state index in [9.17, 15) is 4.79 Å². The van der Waals surface area contributed by atoms with E-state index in [1.54, 1.807) is 6.07 Å². The van der Waals surface area contributed by atoms with Crippen LogP contribution in [-0.2, 0) is 6.54 Å². The average molecular weight is 234 g/mol. The summed E-state index contributed by atoms with van der Waals surface area (Å²) >= 11 is 0. The van der Waals surface area contributed by atoms with Crippen molar-refractivity contribution in [2.75, 3.05) is 6.54 Å². The van der Waals surface area contributed by atoms with Gasteiger partial charge >= 0.3 is 0 Å². The molecule has 0 aliphatic carbocycles. The van der Waals surface area contributed by atoms with Crippen LogP contribution in [0.3, 0.4) is 0 Å². The molecule has 0 atom stereocenters. The van der Waals surface area contributed by atoms with Crippen molar-refractivity contribution >= 4 is 5.91 Å². The lowest BCUT2D eigenvalue weighted by molar-refractivity contribution is 0.1000. The molecule has 0 unspecified atom stereocenters. The Labute approximate surface area is 103 Å². The monoisotopic (exact) mass is 234 g/mol. The van der Waals surface area contributed by atoms with Gasteiger partial charge in [-0.3, -0.25) is 4.79 Å². The van der Waals surface area contributed by atoms with Crippen LogP contribution in [0.1, 0.15) is 41.8 Å². The third-order valence-electron chi connectivity index (χ3n) is 2.84. The molecule has 0 saturated carbocycles. The lowest BCUT2D eigenvalue weighted by Gasteiger charge is -2.10. The number of nitrogens with two attached hydrogens (primary N) is 1. The molecule has 94 valence electrons. The number of primary amides is 1. The van der Waals surface area contributed by atoms with Crippen LogP contribution >= 0.6 is 0 Å². The zero-order valence-corrected chi connectivity index (χ0v) is 10.9. The normalized spacial score (nSPS) is 10.8. The fraction of sp³-hybridized carbons (Fsp3) is 0.500. The summed E-state index contributed by atoms with van der Waals surface area (Å²) in [5.41, 5.74) is 8.14. The SMILES string of the molecule is Cc1cc(C(N)=O)ccc1CNCCC(C)C. The highest BCUT2D eigenvalue weighted by Crippen LogP contribution is 2.10. The molecule has 1 aromatic carbocycles. The summed E-state index contributed by atoms with van der Waals surface area (Å²) in [4.78, 5) is 11.0. The van der Waals surface area contributed by atoms with Gasteiger partial charge in [0.2, 0.25) is 5.91 Å². The molecular formula is C14H22N2O. The molecule has 0 radical (unpaired) electrons. The van der Waals surface area contributed by atoms with E-state index in [1.807, 2.05) is 19.1 Å². The maximum atomic E-state index is 11.0. The van der Waals surface area contributed by atoms with Gasteiger partial charge in [-0.2, -0.15) is 0 Å². The summed E-state index contributed by atoms with van der Waals surface area (Å²) in [5, 5.41) is 3.41. The number of carbonyl (C=O) groups is 1. The Kier molecular flexibility index (Phi) is 5.16. The minimum Gasteiger partial charge on any atom is -0.366 e. The Morgan fingerprint density at radius 2 is 2.12 bits per heavy atom. The average Bonchev–Trinajstić information content (AvgIpc) is 2.25. The van der Waals surface area contributed by atoms with Gasteiger partial charge in [0.25, 0.3) is 0 Å². The molecule has 3 heteroatoms. The van der Waals surface area contributed by atoms with E-state index in [1.165, 1.54) is 12.0 Å². The maximum Gasteiger partial charge on any atom is 0.248 e. The minimum absolute atomic E-state index is 0.368. The molecule has 0 aliphatic heterocycles. The standard InChI is InChI=1S/C14H22N2O/c1-10(2)6-7-16-9-13-5-4-12(14(15)17)8-11(13)3/h4-5,8,10,16H,6-7,9H2,1-3H3,(H2,15,17). The predicted molar refractivity (Wildman–Crippen MR) is 70.9 cm³/mol. The van der Waals surface area contributed by atoms with Crippen molar-refractivity contribution in [2.24, 2.45) is 11.7 Å². The van der Waals surface area contributed by atoms with Gasteiger partial charge in [0.1, 0.15) is 0 Å². The molecule has 0 heterocycles. The number of amides is 1. The molecule has 3 N–H and O–H groups in total. The first kappa shape index (κ1) is 13.7. The summed E-state index contributed by atoms with van der Waals surface area (Å²) in [6.45, 7) is 8.31. The number of carbonyl (C=O) groups excluding carboxylic acids is 1. The third-order valence-corrected chi connectivity index (χ3v) is 2.84. The van der Waals surface area contributed by atoms with Crippen LogP contribution in [0.2, 0.25) is 0 Å². The zero-order chi connectivity index (χ0) is 12.8. The van der Waals surface area contributed by atoms with Crippen molar-refractivity contribution in [1.29, 1.82) is 0 Å². The van der Waals surface area contributed by atoms with Gasteiger partial charge in [-0.15, -0.1) is 0 Å². The van der Waals surface area contributed by atoms with E-state index in [-0.39, 0.29) is 5.91 Å². The van der Waals surface area contributed by atoms with Crippen molar-refractivity contribution in [1.82, 2.24) is 5.32 Å². The van der Waals surface area contributed by atoms with Crippen LogP contribution in [0, 0.1) is 12.8 Å². The molecule has 0 bridgehead atoms. The van der Waals surface area contributed by atoms with E-state index in [4.69, 9.17) is 5.73 Å². The van der Waals surface area contributed by atoms with Crippen LogP contribution in [0.25, 0.3) is 0 Å². The van der Waals surface area contributed by atoms with E-state index in [0.29, 0.717) is 5.56 Å². The van der Waals surface area contributed by atoms with Gasteiger partial charge in [-0.25, -0.2) is 0 Å². The highest BCUT2D eigenvalue weighted by Gasteiger charge is 2.03. The Bertz CT molecular complexity index is 386. The van der Waals surface area contributed by atoms with Crippen molar-refractivity contribution in [3.05, 3.63) is 34.9 Å². The highest BCUT2D eigenvalue weighted by molar-refractivity contribution is 5.93. The molecule has 17 heavy (non-hydrogen) atoms. The van der Waals surface area contributed by atoms with E-state index in [0.717, 1.165) is 24.6 Å². The third kappa shape index (κ3) is 4.57. The Hall–Kier alpha value is -1.35. The number of nitrogens with one attached hydrogen (secondary N) is 1. The number of rotatable bonds is 6. The smallest absolute Gasteiger partial charge is 0.248 e. The van der Waals surface area contributed by atoms with Gasteiger partial charge in [0, 0.05) is 12.1 Å². The molecule has 0 aliphatic rings. The molecule has 1 aromatic rings. The molecule has 1 amide bonds.